The average Bonchev–Trinajstić information content (AvgIpc) is 2.76. The highest BCUT2D eigenvalue weighted by molar-refractivity contribution is 7.89. The molecule has 0 saturated carbocycles. The number of amides is 2. The molecule has 2 aliphatic rings. The first-order chi connectivity index (χ1) is 15.1. The second-order valence-corrected chi connectivity index (χ2v) is 10.4. The van der Waals surface area contributed by atoms with E-state index in [0.29, 0.717) is 30.8 Å². The third-order valence-electron chi connectivity index (χ3n) is 5.93. The maximum atomic E-state index is 13.3. The summed E-state index contributed by atoms with van der Waals surface area (Å²) in [5, 5.41) is 5.64. The van der Waals surface area contributed by atoms with Crippen molar-refractivity contribution >= 4 is 33.2 Å². The van der Waals surface area contributed by atoms with Crippen molar-refractivity contribution in [3.8, 4) is 5.75 Å². The molecule has 8 nitrogen and oxygen atoms in total. The smallest absolute Gasteiger partial charge is 0.265 e. The van der Waals surface area contributed by atoms with Gasteiger partial charge < -0.3 is 15.4 Å². The standard InChI is InChI=1S/C23H27N3O5S/c1-14-6-7-15(2)19(11-14)24-23(28)17-5-4-10-26(13-17)32(29,30)18-8-9-21-20(12-18)25-22(27)16(3)31-21/h6-9,11-12,16-17H,4-5,10,13H2,1-3H3,(H,24,28)(H,25,27)/t16-,17+/m1/s1. The Hall–Kier alpha value is -2.91. The second-order valence-electron chi connectivity index (χ2n) is 8.42. The van der Waals surface area contributed by atoms with Crippen molar-refractivity contribution in [2.24, 2.45) is 5.92 Å². The van der Waals surface area contributed by atoms with Gasteiger partial charge in [-0.1, -0.05) is 12.1 Å². The van der Waals surface area contributed by atoms with Gasteiger partial charge in [0.25, 0.3) is 5.91 Å². The Morgan fingerprint density at radius 1 is 1.19 bits per heavy atom. The summed E-state index contributed by atoms with van der Waals surface area (Å²) in [7, 11) is -3.83. The zero-order chi connectivity index (χ0) is 23.0. The zero-order valence-corrected chi connectivity index (χ0v) is 19.2. The highest BCUT2D eigenvalue weighted by Gasteiger charge is 2.34. The number of nitrogens with zero attached hydrogens (tertiary/aromatic N) is 1. The number of hydrogen-bond acceptors (Lipinski definition) is 5. The first kappa shape index (κ1) is 22.3. The van der Waals surface area contributed by atoms with Crippen LogP contribution in [0.15, 0.2) is 41.3 Å². The Morgan fingerprint density at radius 2 is 1.97 bits per heavy atom. The minimum absolute atomic E-state index is 0.0605. The van der Waals surface area contributed by atoms with Crippen LogP contribution in [0, 0.1) is 19.8 Å². The number of carbonyl (C=O) groups is 2. The maximum absolute atomic E-state index is 13.3. The van der Waals surface area contributed by atoms with Crippen LogP contribution in [0.2, 0.25) is 0 Å². The molecular weight excluding hydrogens is 430 g/mol. The minimum Gasteiger partial charge on any atom is -0.479 e. The van der Waals surface area contributed by atoms with Gasteiger partial charge in [-0.3, -0.25) is 9.59 Å². The summed E-state index contributed by atoms with van der Waals surface area (Å²) in [6.07, 6.45) is 0.574. The molecule has 32 heavy (non-hydrogen) atoms. The van der Waals surface area contributed by atoms with Crippen molar-refractivity contribution in [2.45, 2.75) is 44.6 Å². The summed E-state index contributed by atoms with van der Waals surface area (Å²) < 4.78 is 33.4. The van der Waals surface area contributed by atoms with Crippen LogP contribution in [-0.4, -0.2) is 43.7 Å². The monoisotopic (exact) mass is 457 g/mol. The molecule has 0 aromatic heterocycles. The Kier molecular flexibility index (Phi) is 5.96. The Bertz CT molecular complexity index is 1180. The van der Waals surface area contributed by atoms with Crippen molar-refractivity contribution in [1.29, 1.82) is 0 Å². The van der Waals surface area contributed by atoms with E-state index < -0.39 is 22.0 Å². The number of piperidine rings is 1. The third kappa shape index (κ3) is 4.35. The number of sulfonamides is 1. The van der Waals surface area contributed by atoms with E-state index >= 15 is 0 Å². The molecule has 0 bridgehead atoms. The SMILES string of the molecule is Cc1ccc(C)c(NC(=O)[C@H]2CCCN(S(=O)(=O)c3ccc4c(c3)NC(=O)[C@@H](C)O4)C2)c1. The fourth-order valence-corrected chi connectivity index (χ4v) is 5.53. The highest BCUT2D eigenvalue weighted by Crippen LogP contribution is 2.34. The molecule has 1 fully saturated rings. The van der Waals surface area contributed by atoms with Gasteiger partial charge in [0.2, 0.25) is 15.9 Å². The number of anilines is 2. The quantitative estimate of drug-likeness (QED) is 0.734. The first-order valence-corrected chi connectivity index (χ1v) is 12.1. The van der Waals surface area contributed by atoms with Crippen LogP contribution < -0.4 is 15.4 Å². The van der Waals surface area contributed by atoms with Crippen LogP contribution in [0.4, 0.5) is 11.4 Å². The lowest BCUT2D eigenvalue weighted by molar-refractivity contribution is -0.123. The minimum atomic E-state index is -3.83. The van der Waals surface area contributed by atoms with Gasteiger partial charge in [0.15, 0.2) is 6.10 Å². The summed E-state index contributed by atoms with van der Waals surface area (Å²) in [6.45, 7) is 5.95. The molecule has 170 valence electrons. The van der Waals surface area contributed by atoms with E-state index in [2.05, 4.69) is 10.6 Å². The normalized spacial score (nSPS) is 21.3. The lowest BCUT2D eigenvalue weighted by Gasteiger charge is -2.31. The van der Waals surface area contributed by atoms with Gasteiger partial charge in [-0.15, -0.1) is 0 Å². The predicted molar refractivity (Wildman–Crippen MR) is 121 cm³/mol. The number of carbonyl (C=O) groups excluding carboxylic acids is 2. The van der Waals surface area contributed by atoms with Gasteiger partial charge in [0.05, 0.1) is 16.5 Å². The van der Waals surface area contributed by atoms with Crippen molar-refractivity contribution in [2.75, 3.05) is 23.7 Å². The molecule has 2 aromatic rings. The van der Waals surface area contributed by atoms with Gasteiger partial charge in [0.1, 0.15) is 5.75 Å². The molecular formula is C23H27N3O5S. The number of aryl methyl sites for hydroxylation is 2. The summed E-state index contributed by atoms with van der Waals surface area (Å²) >= 11 is 0. The molecule has 2 aromatic carbocycles. The molecule has 2 amide bonds. The van der Waals surface area contributed by atoms with E-state index in [9.17, 15) is 18.0 Å². The summed E-state index contributed by atoms with van der Waals surface area (Å²) in [5.74, 6) is -0.521. The van der Waals surface area contributed by atoms with E-state index in [1.807, 2.05) is 32.0 Å². The number of rotatable bonds is 4. The topological polar surface area (TPSA) is 105 Å². The van der Waals surface area contributed by atoms with Crippen molar-refractivity contribution < 1.29 is 22.7 Å². The molecule has 2 atom stereocenters. The van der Waals surface area contributed by atoms with Crippen molar-refractivity contribution in [1.82, 2.24) is 4.31 Å². The summed E-state index contributed by atoms with van der Waals surface area (Å²) in [4.78, 5) is 24.9. The van der Waals surface area contributed by atoms with E-state index in [1.54, 1.807) is 13.0 Å². The molecule has 0 radical (unpaired) electrons. The van der Waals surface area contributed by atoms with Gasteiger partial charge in [-0.2, -0.15) is 4.31 Å². The maximum Gasteiger partial charge on any atom is 0.265 e. The Morgan fingerprint density at radius 3 is 2.75 bits per heavy atom. The first-order valence-electron chi connectivity index (χ1n) is 10.6. The van der Waals surface area contributed by atoms with Crippen molar-refractivity contribution in [3.05, 3.63) is 47.5 Å². The number of ether oxygens (including phenoxy) is 1. The van der Waals surface area contributed by atoms with Gasteiger partial charge in [-0.05, 0) is 69.0 Å². The van der Waals surface area contributed by atoms with Crippen LogP contribution >= 0.6 is 0 Å². The largest absolute Gasteiger partial charge is 0.479 e. The average molecular weight is 458 g/mol. The van der Waals surface area contributed by atoms with Crippen LogP contribution in [0.25, 0.3) is 0 Å². The van der Waals surface area contributed by atoms with Crippen LogP contribution in [0.5, 0.6) is 5.75 Å². The molecule has 9 heteroatoms. The van der Waals surface area contributed by atoms with Gasteiger partial charge in [0, 0.05) is 18.8 Å². The number of hydrogen-bond donors (Lipinski definition) is 2. The molecule has 0 spiro atoms. The van der Waals surface area contributed by atoms with Crippen LogP contribution in [-0.2, 0) is 19.6 Å². The molecule has 1 saturated heterocycles. The zero-order valence-electron chi connectivity index (χ0n) is 18.3. The van der Waals surface area contributed by atoms with Crippen LogP contribution in [0.3, 0.4) is 0 Å². The lowest BCUT2D eigenvalue weighted by atomic mass is 9.98. The van der Waals surface area contributed by atoms with E-state index in [-0.39, 0.29) is 23.3 Å². The molecule has 2 heterocycles. The van der Waals surface area contributed by atoms with E-state index in [0.717, 1.165) is 16.8 Å². The highest BCUT2D eigenvalue weighted by atomic mass is 32.2. The molecule has 0 unspecified atom stereocenters. The molecule has 2 N–H and O–H groups in total. The molecule has 4 rings (SSSR count). The third-order valence-corrected chi connectivity index (χ3v) is 7.79. The van der Waals surface area contributed by atoms with Gasteiger partial charge >= 0.3 is 0 Å². The number of nitrogens with one attached hydrogen (secondary N) is 2. The van der Waals surface area contributed by atoms with Crippen LogP contribution in [0.1, 0.15) is 30.9 Å². The van der Waals surface area contributed by atoms with E-state index in [1.165, 1.54) is 16.4 Å². The van der Waals surface area contributed by atoms with Gasteiger partial charge in [-0.25, -0.2) is 8.42 Å². The fourth-order valence-electron chi connectivity index (χ4n) is 3.98. The van der Waals surface area contributed by atoms with E-state index in [4.69, 9.17) is 4.74 Å². The summed E-state index contributed by atoms with van der Waals surface area (Å²) in [6, 6.07) is 10.3. The Labute approximate surface area is 188 Å². The number of benzene rings is 2. The molecule has 0 aliphatic carbocycles. The predicted octanol–water partition coefficient (Wildman–Crippen LogP) is 3.06. The summed E-state index contributed by atoms with van der Waals surface area (Å²) in [5.41, 5.74) is 3.07. The molecule has 2 aliphatic heterocycles. The lowest BCUT2D eigenvalue weighted by Crippen LogP contribution is -2.43. The Balaban J connectivity index is 1.51. The number of fused-ring (bicyclic) bond motifs is 1. The van der Waals surface area contributed by atoms with Crippen molar-refractivity contribution in [3.63, 3.8) is 0 Å². The fraction of sp³-hybridized carbons (Fsp3) is 0.391. The second kappa shape index (κ2) is 8.55.